The molecule has 6 heteroatoms. The first-order valence-electron chi connectivity index (χ1n) is 6.91. The van der Waals surface area contributed by atoms with Crippen LogP contribution in [0.15, 0.2) is 43.8 Å². The quantitative estimate of drug-likeness (QED) is 0.634. The van der Waals surface area contributed by atoms with Crippen LogP contribution in [0.5, 0.6) is 11.5 Å². The number of phenols is 2. The Morgan fingerprint density at radius 1 is 0.609 bits per heavy atom. The molecule has 2 nitrogen and oxygen atoms in total. The smallest absolute Gasteiger partial charge is 0.142 e. The van der Waals surface area contributed by atoms with Gasteiger partial charge in [0, 0.05) is 0 Å². The molecule has 23 heavy (non-hydrogen) atoms. The lowest BCUT2D eigenvalue weighted by Crippen LogP contribution is -1.92. The predicted molar refractivity (Wildman–Crippen MR) is 106 cm³/mol. The van der Waals surface area contributed by atoms with Gasteiger partial charge in [0.15, 0.2) is 0 Å². The third-order valence-electron chi connectivity index (χ3n) is 3.49. The number of aromatic hydroxyl groups is 2. The Morgan fingerprint density at radius 2 is 0.870 bits per heavy atom. The summed E-state index contributed by atoms with van der Waals surface area (Å²) in [5.41, 5.74) is 2.34. The number of hydrogen-bond acceptors (Lipinski definition) is 6. The first-order valence-corrected chi connectivity index (χ1v) is 11.8. The minimum Gasteiger partial charge on any atom is -0.506 e. The summed E-state index contributed by atoms with van der Waals surface area (Å²) in [4.78, 5) is 3.61. The summed E-state index contributed by atoms with van der Waals surface area (Å²) >= 11 is 6.22. The van der Waals surface area contributed by atoms with Gasteiger partial charge in [-0.25, -0.2) is 0 Å². The summed E-state index contributed by atoms with van der Waals surface area (Å²) in [6, 6.07) is 8.18. The van der Waals surface area contributed by atoms with E-state index in [0.717, 1.165) is 26.0 Å². The molecule has 0 heterocycles. The Labute approximate surface area is 154 Å². The van der Waals surface area contributed by atoms with E-state index in [-0.39, 0.29) is 0 Å². The fraction of sp³-hybridized carbons (Fsp3) is 0.294. The Kier molecular flexibility index (Phi) is 6.95. The maximum atomic E-state index is 10.2. The average Bonchev–Trinajstić information content (AvgIpc) is 2.57. The van der Waals surface area contributed by atoms with E-state index in [0.29, 0.717) is 11.5 Å². The third-order valence-corrected chi connectivity index (χ3v) is 6.49. The maximum absolute atomic E-state index is 10.2. The number of thioether (sulfide) groups is 4. The maximum Gasteiger partial charge on any atom is 0.142 e. The summed E-state index contributed by atoms with van der Waals surface area (Å²) in [5.74, 6) is 0.739. The highest BCUT2D eigenvalue weighted by atomic mass is 32.2. The molecule has 0 unspecified atom stereocenters. The number of hydrogen-bond donors (Lipinski definition) is 2. The van der Waals surface area contributed by atoms with Gasteiger partial charge in [-0.2, -0.15) is 0 Å². The lowest BCUT2D eigenvalue weighted by molar-refractivity contribution is 0.449. The van der Waals surface area contributed by atoms with E-state index in [1.807, 2.05) is 49.3 Å². The highest BCUT2D eigenvalue weighted by Crippen LogP contribution is 2.39. The van der Waals surface area contributed by atoms with E-state index in [1.54, 1.807) is 47.0 Å². The van der Waals surface area contributed by atoms with Crippen molar-refractivity contribution in [3.63, 3.8) is 0 Å². The lowest BCUT2D eigenvalue weighted by atomic mass is 10.0. The van der Waals surface area contributed by atoms with Crippen LogP contribution in [0.25, 0.3) is 0 Å². The van der Waals surface area contributed by atoms with E-state index in [2.05, 4.69) is 0 Å². The number of benzene rings is 2. The van der Waals surface area contributed by atoms with Crippen molar-refractivity contribution in [3.8, 4) is 11.5 Å². The zero-order valence-corrected chi connectivity index (χ0v) is 16.8. The van der Waals surface area contributed by atoms with Crippen molar-refractivity contribution in [1.29, 1.82) is 0 Å². The van der Waals surface area contributed by atoms with Crippen LogP contribution in [0.3, 0.4) is 0 Å². The van der Waals surface area contributed by atoms with Crippen LogP contribution in [0.4, 0.5) is 0 Å². The van der Waals surface area contributed by atoms with Gasteiger partial charge in [-0.05, 0) is 66.8 Å². The van der Waals surface area contributed by atoms with Gasteiger partial charge in [0.1, 0.15) is 11.5 Å². The Bertz CT molecular complexity index is 591. The van der Waals surface area contributed by atoms with Crippen LogP contribution < -0.4 is 0 Å². The largest absolute Gasteiger partial charge is 0.506 e. The van der Waals surface area contributed by atoms with Crippen molar-refractivity contribution in [2.24, 2.45) is 0 Å². The van der Waals surface area contributed by atoms with Crippen LogP contribution in [0, 0.1) is 0 Å². The molecule has 0 saturated heterocycles. The van der Waals surface area contributed by atoms with Gasteiger partial charge in [-0.15, -0.1) is 47.0 Å². The average molecular weight is 385 g/mol. The second-order valence-electron chi connectivity index (χ2n) is 4.87. The number of phenolic OH excluding ortho intramolecular Hbond substituents is 2. The minimum absolute atomic E-state index is 0.370. The Hall–Kier alpha value is -0.560. The SMILES string of the molecule is CSc1cc(Cc2cc(SC)c(O)c(SC)c2)cc(SC)c1O. The zero-order chi connectivity index (χ0) is 17.0. The first kappa shape index (κ1) is 18.8. The van der Waals surface area contributed by atoms with Gasteiger partial charge in [0.25, 0.3) is 0 Å². The Balaban J connectivity index is 2.43. The van der Waals surface area contributed by atoms with Gasteiger partial charge in [0.05, 0.1) is 19.6 Å². The molecule has 2 rings (SSSR count). The molecular weight excluding hydrogens is 364 g/mol. The van der Waals surface area contributed by atoms with Crippen LogP contribution in [0.2, 0.25) is 0 Å². The predicted octanol–water partition coefficient (Wildman–Crippen LogP) is 5.58. The molecule has 2 N–H and O–H groups in total. The number of rotatable bonds is 6. The van der Waals surface area contributed by atoms with E-state index >= 15 is 0 Å². The molecule has 0 amide bonds. The van der Waals surface area contributed by atoms with Crippen LogP contribution >= 0.6 is 47.0 Å². The van der Waals surface area contributed by atoms with Crippen molar-refractivity contribution < 1.29 is 10.2 Å². The molecule has 2 aromatic carbocycles. The lowest BCUT2D eigenvalue weighted by Gasteiger charge is -2.13. The van der Waals surface area contributed by atoms with Crippen molar-refractivity contribution in [1.82, 2.24) is 0 Å². The summed E-state index contributed by atoms with van der Waals surface area (Å²) in [6.45, 7) is 0. The summed E-state index contributed by atoms with van der Waals surface area (Å²) in [6.07, 6.45) is 8.67. The second kappa shape index (κ2) is 8.51. The van der Waals surface area contributed by atoms with Crippen molar-refractivity contribution in [2.45, 2.75) is 26.0 Å². The summed E-state index contributed by atoms with van der Waals surface area (Å²) < 4.78 is 0. The molecule has 0 aliphatic heterocycles. The summed E-state index contributed by atoms with van der Waals surface area (Å²) in [5, 5.41) is 20.4. The van der Waals surface area contributed by atoms with E-state index < -0.39 is 0 Å². The van der Waals surface area contributed by atoms with Gasteiger partial charge in [0.2, 0.25) is 0 Å². The molecule has 0 aliphatic carbocycles. The molecule has 124 valence electrons. The molecule has 0 aliphatic rings. The molecular formula is C17H20O2S4. The molecule has 0 radical (unpaired) electrons. The molecule has 0 spiro atoms. The Morgan fingerprint density at radius 3 is 1.09 bits per heavy atom. The summed E-state index contributed by atoms with van der Waals surface area (Å²) in [7, 11) is 0. The standard InChI is InChI=1S/C17H20O2S4/c1-20-12-6-10(7-13(21-2)16(12)18)5-11-8-14(22-3)17(19)15(9-11)23-4/h6-9,18-19H,5H2,1-4H3. The molecule has 0 saturated carbocycles. The van der Waals surface area contributed by atoms with Gasteiger partial charge < -0.3 is 10.2 Å². The van der Waals surface area contributed by atoms with Crippen molar-refractivity contribution in [2.75, 3.05) is 25.0 Å². The van der Waals surface area contributed by atoms with Gasteiger partial charge >= 0.3 is 0 Å². The molecule has 2 aromatic rings. The first-order chi connectivity index (χ1) is 11.0. The second-order valence-corrected chi connectivity index (χ2v) is 8.27. The van der Waals surface area contributed by atoms with E-state index in [4.69, 9.17) is 0 Å². The fourth-order valence-electron chi connectivity index (χ4n) is 2.34. The third kappa shape index (κ3) is 4.29. The fourth-order valence-corrected chi connectivity index (χ4v) is 4.75. The van der Waals surface area contributed by atoms with Crippen molar-refractivity contribution >= 4 is 47.0 Å². The van der Waals surface area contributed by atoms with Gasteiger partial charge in [-0.1, -0.05) is 0 Å². The van der Waals surface area contributed by atoms with E-state index in [9.17, 15) is 10.2 Å². The highest BCUT2D eigenvalue weighted by Gasteiger charge is 2.12. The van der Waals surface area contributed by atoms with E-state index in [1.165, 1.54) is 11.1 Å². The monoisotopic (exact) mass is 384 g/mol. The van der Waals surface area contributed by atoms with Crippen LogP contribution in [0.1, 0.15) is 11.1 Å². The minimum atomic E-state index is 0.370. The van der Waals surface area contributed by atoms with Crippen LogP contribution in [-0.4, -0.2) is 35.2 Å². The molecule has 0 bridgehead atoms. The molecule has 0 aromatic heterocycles. The normalized spacial score (nSPS) is 11.0. The van der Waals surface area contributed by atoms with Crippen molar-refractivity contribution in [3.05, 3.63) is 35.4 Å². The van der Waals surface area contributed by atoms with Crippen LogP contribution in [-0.2, 0) is 6.42 Å². The zero-order valence-electron chi connectivity index (χ0n) is 13.5. The molecule has 0 atom stereocenters. The highest BCUT2D eigenvalue weighted by molar-refractivity contribution is 8.00. The molecule has 0 fully saturated rings. The topological polar surface area (TPSA) is 40.5 Å². The van der Waals surface area contributed by atoms with Gasteiger partial charge in [-0.3, -0.25) is 0 Å².